The molecule has 0 saturated heterocycles. The van der Waals surface area contributed by atoms with Gasteiger partial charge in [0.1, 0.15) is 6.54 Å². The number of carbonyl (C=O) groups is 2. The molecule has 0 rings (SSSR count). The third-order valence-electron chi connectivity index (χ3n) is 1.20. The predicted molar refractivity (Wildman–Crippen MR) is 45.8 cm³/mol. The van der Waals surface area contributed by atoms with Crippen molar-refractivity contribution in [1.29, 1.82) is 0 Å². The van der Waals surface area contributed by atoms with Gasteiger partial charge in [0.15, 0.2) is 5.75 Å². The Bertz CT molecular complexity index is 308. The fourth-order valence-corrected chi connectivity index (χ4v) is 1.37. The van der Waals surface area contributed by atoms with Crippen LogP contribution in [-0.4, -0.2) is 46.9 Å². The Morgan fingerprint density at radius 1 is 1.14 bits per heavy atom. The van der Waals surface area contributed by atoms with Gasteiger partial charge in [0.25, 0.3) is 0 Å². The van der Waals surface area contributed by atoms with Crippen molar-refractivity contribution in [3.05, 3.63) is 0 Å². The zero-order chi connectivity index (χ0) is 11.2. The maximum atomic E-state index is 11.0. The number of nitrogens with one attached hydrogen (secondary N) is 1. The summed E-state index contributed by atoms with van der Waals surface area (Å²) in [5.41, 5.74) is 0. The van der Waals surface area contributed by atoms with Crippen molar-refractivity contribution in [2.45, 2.75) is 0 Å². The lowest BCUT2D eigenvalue weighted by Gasteiger charge is -2.03. The number of esters is 2. The average Bonchev–Trinajstić information content (AvgIpc) is 2.13. The Kier molecular flexibility index (Phi) is 5.10. The molecule has 82 valence electrons. The van der Waals surface area contributed by atoms with Gasteiger partial charge in [0, 0.05) is 0 Å². The topological polar surface area (TPSA) is 98.8 Å². The van der Waals surface area contributed by atoms with Crippen LogP contribution < -0.4 is 4.72 Å². The van der Waals surface area contributed by atoms with Gasteiger partial charge in [0.05, 0.1) is 14.2 Å². The summed E-state index contributed by atoms with van der Waals surface area (Å²) in [5, 5.41) is 0. The number of hydrogen-bond donors (Lipinski definition) is 1. The third-order valence-corrected chi connectivity index (χ3v) is 2.40. The summed E-state index contributed by atoms with van der Waals surface area (Å²) >= 11 is 0. The van der Waals surface area contributed by atoms with Crippen LogP contribution in [-0.2, 0) is 29.1 Å². The van der Waals surface area contributed by atoms with E-state index in [4.69, 9.17) is 0 Å². The number of ether oxygens (including phenoxy) is 2. The second-order valence-corrected chi connectivity index (χ2v) is 4.04. The van der Waals surface area contributed by atoms with E-state index in [-0.39, 0.29) is 0 Å². The molecule has 0 radical (unpaired) electrons. The zero-order valence-corrected chi connectivity index (χ0v) is 8.59. The number of sulfonamides is 1. The van der Waals surface area contributed by atoms with E-state index >= 15 is 0 Å². The van der Waals surface area contributed by atoms with Crippen LogP contribution in [0.5, 0.6) is 0 Å². The smallest absolute Gasteiger partial charge is 0.322 e. The van der Waals surface area contributed by atoms with Crippen LogP contribution >= 0.6 is 0 Å². The normalized spacial score (nSPS) is 10.7. The van der Waals surface area contributed by atoms with E-state index in [0.29, 0.717) is 0 Å². The van der Waals surface area contributed by atoms with Crippen molar-refractivity contribution in [2.24, 2.45) is 0 Å². The second-order valence-electron chi connectivity index (χ2n) is 2.23. The number of carbonyl (C=O) groups excluding carboxylic acids is 2. The monoisotopic (exact) mass is 225 g/mol. The first-order valence-electron chi connectivity index (χ1n) is 3.52. The Labute approximate surface area is 81.4 Å². The van der Waals surface area contributed by atoms with Crippen molar-refractivity contribution in [3.8, 4) is 0 Å². The van der Waals surface area contributed by atoms with Crippen LogP contribution in [0, 0.1) is 0 Å². The van der Waals surface area contributed by atoms with Gasteiger partial charge < -0.3 is 9.47 Å². The summed E-state index contributed by atoms with van der Waals surface area (Å²) in [7, 11) is -1.63. The van der Waals surface area contributed by atoms with Crippen molar-refractivity contribution in [1.82, 2.24) is 4.72 Å². The van der Waals surface area contributed by atoms with Gasteiger partial charge in [-0.1, -0.05) is 0 Å². The first-order valence-corrected chi connectivity index (χ1v) is 5.17. The highest BCUT2D eigenvalue weighted by molar-refractivity contribution is 7.90. The van der Waals surface area contributed by atoms with Crippen LogP contribution in [0.2, 0.25) is 0 Å². The van der Waals surface area contributed by atoms with E-state index < -0.39 is 34.3 Å². The van der Waals surface area contributed by atoms with Gasteiger partial charge in [-0.3, -0.25) is 9.59 Å². The molecule has 0 aliphatic rings. The van der Waals surface area contributed by atoms with Crippen LogP contribution in [0.4, 0.5) is 0 Å². The van der Waals surface area contributed by atoms with Crippen molar-refractivity contribution >= 4 is 22.0 Å². The molecule has 0 aromatic rings. The van der Waals surface area contributed by atoms with Gasteiger partial charge in [0.2, 0.25) is 10.0 Å². The predicted octanol–water partition coefficient (Wildman–Crippen LogP) is -1.75. The minimum Gasteiger partial charge on any atom is -0.468 e. The highest BCUT2D eigenvalue weighted by atomic mass is 32.2. The lowest BCUT2D eigenvalue weighted by molar-refractivity contribution is -0.139. The molecule has 0 heterocycles. The van der Waals surface area contributed by atoms with E-state index in [0.717, 1.165) is 14.2 Å². The van der Waals surface area contributed by atoms with E-state index in [1.54, 1.807) is 0 Å². The molecule has 0 spiro atoms. The minimum absolute atomic E-state index is 0.504. The van der Waals surface area contributed by atoms with Gasteiger partial charge >= 0.3 is 11.9 Å². The van der Waals surface area contributed by atoms with E-state index in [2.05, 4.69) is 9.47 Å². The molecule has 0 aromatic carbocycles. The van der Waals surface area contributed by atoms with Crippen LogP contribution in [0.25, 0.3) is 0 Å². The fourth-order valence-electron chi connectivity index (χ4n) is 0.506. The molecule has 0 bridgehead atoms. The highest BCUT2D eigenvalue weighted by Gasteiger charge is 2.17. The maximum absolute atomic E-state index is 11.0. The molecule has 8 heteroatoms. The van der Waals surface area contributed by atoms with E-state index in [1.807, 2.05) is 4.72 Å². The van der Waals surface area contributed by atoms with E-state index in [1.165, 1.54) is 0 Å². The van der Waals surface area contributed by atoms with Gasteiger partial charge in [-0.15, -0.1) is 0 Å². The standard InChI is InChI=1S/C6H11NO6S/c1-12-5(8)3-7-14(10,11)4-6(9)13-2/h7H,3-4H2,1-2H3. The SMILES string of the molecule is COC(=O)CNS(=O)(=O)CC(=O)OC. The Hall–Kier alpha value is -1.15. The molecule has 7 nitrogen and oxygen atoms in total. The molecule has 0 fully saturated rings. The largest absolute Gasteiger partial charge is 0.468 e. The number of rotatable bonds is 5. The van der Waals surface area contributed by atoms with Crippen LogP contribution in [0.1, 0.15) is 0 Å². The number of methoxy groups -OCH3 is 2. The quantitative estimate of drug-likeness (QED) is 0.557. The first-order chi connectivity index (χ1) is 6.41. The molecule has 0 amide bonds. The first kappa shape index (κ1) is 12.8. The lowest BCUT2D eigenvalue weighted by atomic mass is 10.7. The van der Waals surface area contributed by atoms with Gasteiger partial charge in [-0.2, -0.15) is 0 Å². The molecule has 0 aliphatic heterocycles. The molecule has 14 heavy (non-hydrogen) atoms. The maximum Gasteiger partial charge on any atom is 0.322 e. The second kappa shape index (κ2) is 5.55. The summed E-state index contributed by atoms with van der Waals surface area (Å²) in [5.74, 6) is -2.46. The summed E-state index contributed by atoms with van der Waals surface area (Å²) in [6.45, 7) is -0.504. The van der Waals surface area contributed by atoms with Crippen molar-refractivity contribution < 1.29 is 27.5 Å². The Balaban J connectivity index is 4.09. The lowest BCUT2D eigenvalue weighted by Crippen LogP contribution is -2.34. The summed E-state index contributed by atoms with van der Waals surface area (Å²) in [6, 6.07) is 0. The Morgan fingerprint density at radius 3 is 2.07 bits per heavy atom. The zero-order valence-electron chi connectivity index (χ0n) is 7.77. The van der Waals surface area contributed by atoms with Gasteiger partial charge in [-0.05, 0) is 0 Å². The van der Waals surface area contributed by atoms with E-state index in [9.17, 15) is 18.0 Å². The van der Waals surface area contributed by atoms with Gasteiger partial charge in [-0.25, -0.2) is 13.1 Å². The number of hydrogen-bond acceptors (Lipinski definition) is 6. The van der Waals surface area contributed by atoms with Crippen LogP contribution in [0.3, 0.4) is 0 Å². The third kappa shape index (κ3) is 5.49. The molecule has 0 aliphatic carbocycles. The molecular weight excluding hydrogens is 214 g/mol. The fraction of sp³-hybridized carbons (Fsp3) is 0.667. The molecular formula is C6H11NO6S. The molecule has 1 N–H and O–H groups in total. The summed E-state index contributed by atoms with van der Waals surface area (Å²) < 4.78 is 32.2. The summed E-state index contributed by atoms with van der Waals surface area (Å²) in [4.78, 5) is 21.1. The molecule has 0 aromatic heterocycles. The molecule has 0 atom stereocenters. The Morgan fingerprint density at radius 2 is 1.64 bits per heavy atom. The molecule has 0 saturated carbocycles. The average molecular weight is 225 g/mol. The highest BCUT2D eigenvalue weighted by Crippen LogP contribution is 1.86. The van der Waals surface area contributed by atoms with Crippen LogP contribution in [0.15, 0.2) is 0 Å². The van der Waals surface area contributed by atoms with Crippen molar-refractivity contribution in [3.63, 3.8) is 0 Å². The summed E-state index contributed by atoms with van der Waals surface area (Å²) in [6.07, 6.45) is 0. The minimum atomic E-state index is -3.82. The van der Waals surface area contributed by atoms with Crippen molar-refractivity contribution in [2.75, 3.05) is 26.5 Å². The molecule has 0 unspecified atom stereocenters.